The molecule has 1 N–H and O–H groups in total. The fraction of sp³-hybridized carbons (Fsp3) is 0.923. The van der Waals surface area contributed by atoms with E-state index in [1.165, 1.54) is 7.11 Å². The molecule has 4 nitrogen and oxygen atoms in total. The van der Waals surface area contributed by atoms with Gasteiger partial charge in [0.25, 0.3) is 0 Å². The van der Waals surface area contributed by atoms with E-state index < -0.39 is 5.54 Å². The van der Waals surface area contributed by atoms with Gasteiger partial charge in [0.1, 0.15) is 5.54 Å². The summed E-state index contributed by atoms with van der Waals surface area (Å²) in [5.41, 5.74) is -0.786. The Morgan fingerprint density at radius 3 is 2.12 bits per heavy atom. The fourth-order valence-corrected chi connectivity index (χ4v) is 1.51. The minimum Gasteiger partial charge on any atom is -0.468 e. The third kappa shape index (κ3) is 5.50. The number of rotatable bonds is 7. The lowest BCUT2D eigenvalue weighted by Crippen LogP contribution is -2.56. The Kier molecular flexibility index (Phi) is 6.72. The molecule has 102 valence electrons. The van der Waals surface area contributed by atoms with Crippen LogP contribution in [-0.4, -0.2) is 37.4 Å². The van der Waals surface area contributed by atoms with Crippen LogP contribution in [0, 0.1) is 5.92 Å². The van der Waals surface area contributed by atoms with Crippen molar-refractivity contribution in [3.63, 3.8) is 0 Å². The van der Waals surface area contributed by atoms with Crippen LogP contribution in [0.3, 0.4) is 0 Å². The number of esters is 1. The average Bonchev–Trinajstić information content (AvgIpc) is 2.23. The van der Waals surface area contributed by atoms with E-state index in [2.05, 4.69) is 19.2 Å². The van der Waals surface area contributed by atoms with Crippen LogP contribution in [0.25, 0.3) is 0 Å². The molecule has 0 saturated heterocycles. The van der Waals surface area contributed by atoms with Crippen molar-refractivity contribution in [3.05, 3.63) is 0 Å². The van der Waals surface area contributed by atoms with Crippen molar-refractivity contribution in [2.45, 2.75) is 59.2 Å². The van der Waals surface area contributed by atoms with E-state index in [0.717, 1.165) is 0 Å². The number of hydrogen-bond acceptors (Lipinski definition) is 4. The second-order valence-corrected chi connectivity index (χ2v) is 5.38. The molecule has 0 rings (SSSR count). The lowest BCUT2D eigenvalue weighted by atomic mass is 10.0. The molecule has 0 aromatic carbocycles. The number of hydrogen-bond donors (Lipinski definition) is 1. The lowest BCUT2D eigenvalue weighted by Gasteiger charge is -2.31. The van der Waals surface area contributed by atoms with Crippen molar-refractivity contribution in [2.24, 2.45) is 5.92 Å². The molecular weight excluding hydrogens is 218 g/mol. The highest BCUT2D eigenvalue weighted by atomic mass is 16.5. The van der Waals surface area contributed by atoms with E-state index in [9.17, 15) is 4.79 Å². The predicted molar refractivity (Wildman–Crippen MR) is 68.9 cm³/mol. The summed E-state index contributed by atoms with van der Waals surface area (Å²) in [5.74, 6) is 0.137. The Bertz CT molecular complexity index is 241. The number of ether oxygens (including phenoxy) is 2. The molecule has 0 saturated carbocycles. The van der Waals surface area contributed by atoms with Crippen molar-refractivity contribution in [1.29, 1.82) is 0 Å². The van der Waals surface area contributed by atoms with Gasteiger partial charge in [0.05, 0.1) is 19.8 Å². The minimum absolute atomic E-state index is 0.118. The number of carbonyl (C=O) groups is 1. The summed E-state index contributed by atoms with van der Waals surface area (Å²) in [6.45, 7) is 12.3. The van der Waals surface area contributed by atoms with Gasteiger partial charge in [-0.05, 0) is 33.6 Å². The average molecular weight is 245 g/mol. The Balaban J connectivity index is 4.54. The largest absolute Gasteiger partial charge is 0.468 e. The highest BCUT2D eigenvalue weighted by Gasteiger charge is 2.35. The van der Waals surface area contributed by atoms with Crippen molar-refractivity contribution in [1.82, 2.24) is 5.32 Å². The maximum Gasteiger partial charge on any atom is 0.328 e. The van der Waals surface area contributed by atoms with Gasteiger partial charge in [0, 0.05) is 6.04 Å². The Labute approximate surface area is 105 Å². The number of nitrogens with one attached hydrogen (secondary N) is 1. The Hall–Kier alpha value is -0.610. The SMILES string of the molecule is COC(=O)C(C)(COC(C)C(C)C)NC(C)C. The first-order valence-corrected chi connectivity index (χ1v) is 6.20. The summed E-state index contributed by atoms with van der Waals surface area (Å²) < 4.78 is 10.6. The highest BCUT2D eigenvalue weighted by Crippen LogP contribution is 2.13. The fourth-order valence-electron chi connectivity index (χ4n) is 1.51. The molecule has 0 aliphatic heterocycles. The molecule has 0 aliphatic carbocycles. The quantitative estimate of drug-likeness (QED) is 0.697. The van der Waals surface area contributed by atoms with Gasteiger partial charge >= 0.3 is 5.97 Å². The van der Waals surface area contributed by atoms with Gasteiger partial charge in [-0.15, -0.1) is 0 Å². The van der Waals surface area contributed by atoms with E-state index in [1.54, 1.807) is 0 Å². The Morgan fingerprint density at radius 1 is 1.24 bits per heavy atom. The summed E-state index contributed by atoms with van der Waals surface area (Å²) >= 11 is 0. The number of methoxy groups -OCH3 is 1. The van der Waals surface area contributed by atoms with E-state index in [1.807, 2.05) is 27.7 Å². The predicted octanol–water partition coefficient (Wildman–Crippen LogP) is 1.98. The van der Waals surface area contributed by atoms with Crippen LogP contribution in [0.2, 0.25) is 0 Å². The summed E-state index contributed by atoms with van der Waals surface area (Å²) in [6, 6.07) is 0.192. The zero-order valence-electron chi connectivity index (χ0n) is 12.2. The molecule has 0 aromatic rings. The van der Waals surface area contributed by atoms with E-state index in [0.29, 0.717) is 12.5 Å². The van der Waals surface area contributed by atoms with Crippen molar-refractivity contribution in [3.8, 4) is 0 Å². The van der Waals surface area contributed by atoms with Gasteiger partial charge in [-0.1, -0.05) is 13.8 Å². The zero-order chi connectivity index (χ0) is 13.6. The third-order valence-electron chi connectivity index (χ3n) is 2.82. The highest BCUT2D eigenvalue weighted by molar-refractivity contribution is 5.80. The second-order valence-electron chi connectivity index (χ2n) is 5.38. The van der Waals surface area contributed by atoms with Gasteiger partial charge in [-0.3, -0.25) is 5.32 Å². The maximum absolute atomic E-state index is 11.8. The first-order valence-electron chi connectivity index (χ1n) is 6.20. The molecule has 4 heteroatoms. The molecule has 0 aliphatic rings. The van der Waals surface area contributed by atoms with Gasteiger partial charge in [-0.2, -0.15) is 0 Å². The number of carbonyl (C=O) groups excluding carboxylic acids is 1. The van der Waals surface area contributed by atoms with Crippen LogP contribution in [0.15, 0.2) is 0 Å². The zero-order valence-corrected chi connectivity index (χ0v) is 12.2. The molecule has 0 amide bonds. The Morgan fingerprint density at radius 2 is 1.76 bits per heavy atom. The topological polar surface area (TPSA) is 47.6 Å². The molecule has 0 spiro atoms. The molecule has 0 radical (unpaired) electrons. The third-order valence-corrected chi connectivity index (χ3v) is 2.82. The van der Waals surface area contributed by atoms with Crippen LogP contribution in [0.5, 0.6) is 0 Å². The van der Waals surface area contributed by atoms with Crippen LogP contribution in [-0.2, 0) is 14.3 Å². The van der Waals surface area contributed by atoms with E-state index >= 15 is 0 Å². The van der Waals surface area contributed by atoms with Crippen LogP contribution >= 0.6 is 0 Å². The van der Waals surface area contributed by atoms with E-state index in [4.69, 9.17) is 9.47 Å². The van der Waals surface area contributed by atoms with Crippen molar-refractivity contribution >= 4 is 5.97 Å². The summed E-state index contributed by atoms with van der Waals surface area (Å²) in [6.07, 6.45) is 0.118. The van der Waals surface area contributed by atoms with Crippen LogP contribution < -0.4 is 5.32 Å². The summed E-state index contributed by atoms with van der Waals surface area (Å²) in [5, 5.41) is 3.20. The van der Waals surface area contributed by atoms with Gasteiger partial charge < -0.3 is 9.47 Å². The lowest BCUT2D eigenvalue weighted by molar-refractivity contribution is -0.152. The first-order chi connectivity index (χ1) is 7.73. The molecule has 2 atom stereocenters. The molecule has 0 fully saturated rings. The molecule has 0 heterocycles. The van der Waals surface area contributed by atoms with Crippen molar-refractivity contribution in [2.75, 3.05) is 13.7 Å². The first kappa shape index (κ1) is 16.4. The van der Waals surface area contributed by atoms with Crippen molar-refractivity contribution < 1.29 is 14.3 Å². The summed E-state index contributed by atoms with van der Waals surface area (Å²) in [4.78, 5) is 11.8. The molecule has 0 aromatic heterocycles. The van der Waals surface area contributed by atoms with E-state index in [-0.39, 0.29) is 18.1 Å². The monoisotopic (exact) mass is 245 g/mol. The van der Waals surface area contributed by atoms with Crippen LogP contribution in [0.4, 0.5) is 0 Å². The minimum atomic E-state index is -0.786. The normalized spacial score (nSPS) is 17.0. The van der Waals surface area contributed by atoms with Gasteiger partial charge in [0.2, 0.25) is 0 Å². The molecule has 17 heavy (non-hydrogen) atoms. The van der Waals surface area contributed by atoms with Gasteiger partial charge in [0.15, 0.2) is 0 Å². The molecule has 2 unspecified atom stereocenters. The molecular formula is C13H27NO3. The smallest absolute Gasteiger partial charge is 0.328 e. The van der Waals surface area contributed by atoms with Gasteiger partial charge in [-0.25, -0.2) is 4.79 Å². The van der Waals surface area contributed by atoms with Crippen LogP contribution in [0.1, 0.15) is 41.5 Å². The second kappa shape index (κ2) is 6.97. The summed E-state index contributed by atoms with van der Waals surface area (Å²) in [7, 11) is 1.40. The standard InChI is InChI=1S/C13H27NO3/c1-9(2)11(5)17-8-13(6,12(15)16-7)14-10(3)4/h9-11,14H,8H2,1-7H3. The maximum atomic E-state index is 11.8. The molecule has 0 bridgehead atoms.